The molecule has 5 rings (SSSR count). The third kappa shape index (κ3) is 4.70. The second kappa shape index (κ2) is 10.7. The molecule has 36 heavy (non-hydrogen) atoms. The molecular weight excluding hydrogens is 452 g/mol. The number of hydrogen-bond donors (Lipinski definition) is 0. The van der Waals surface area contributed by atoms with Gasteiger partial charge in [0.05, 0.1) is 37.6 Å². The van der Waals surface area contributed by atoms with Crippen molar-refractivity contribution in [1.29, 1.82) is 0 Å². The lowest BCUT2D eigenvalue weighted by molar-refractivity contribution is 0.0731. The van der Waals surface area contributed by atoms with Crippen molar-refractivity contribution in [2.24, 2.45) is 5.92 Å². The molecular formula is C30H34N2O4. The molecule has 0 N–H and O–H groups in total. The number of ether oxygens (including phenoxy) is 3. The maximum absolute atomic E-state index is 14.1. The molecule has 1 saturated heterocycles. The number of aromatic nitrogens is 1. The van der Waals surface area contributed by atoms with Crippen molar-refractivity contribution in [3.8, 4) is 11.5 Å². The summed E-state index contributed by atoms with van der Waals surface area (Å²) in [5.41, 5.74) is 5.86. The molecule has 6 nitrogen and oxygen atoms in total. The fourth-order valence-electron chi connectivity index (χ4n) is 5.42. The zero-order chi connectivity index (χ0) is 25.1. The van der Waals surface area contributed by atoms with E-state index in [0.717, 1.165) is 84.3 Å². The minimum absolute atomic E-state index is 0.103. The van der Waals surface area contributed by atoms with Gasteiger partial charge in [0.25, 0.3) is 5.91 Å². The predicted octanol–water partition coefficient (Wildman–Crippen LogP) is 5.63. The van der Waals surface area contributed by atoms with Crippen molar-refractivity contribution in [3.63, 3.8) is 0 Å². The number of hydrogen-bond acceptors (Lipinski definition) is 5. The summed E-state index contributed by atoms with van der Waals surface area (Å²) in [5.74, 6) is 1.90. The van der Waals surface area contributed by atoms with Gasteiger partial charge in [-0.25, -0.2) is 4.98 Å². The Morgan fingerprint density at radius 1 is 1.14 bits per heavy atom. The number of para-hydroxylation sites is 1. The molecule has 0 radical (unpaired) electrons. The zero-order valence-corrected chi connectivity index (χ0v) is 21.4. The number of amides is 1. The van der Waals surface area contributed by atoms with Gasteiger partial charge in [-0.05, 0) is 73.6 Å². The fraction of sp³-hybridized carbons (Fsp3) is 0.400. The minimum Gasteiger partial charge on any atom is -0.493 e. The van der Waals surface area contributed by atoms with Crippen LogP contribution >= 0.6 is 0 Å². The molecule has 1 aromatic heterocycles. The number of nitrogens with zero attached hydrogens (tertiary/aromatic N) is 2. The Labute approximate surface area is 212 Å². The molecule has 0 spiro atoms. The average Bonchev–Trinajstić information content (AvgIpc) is 3.43. The van der Waals surface area contributed by atoms with Crippen molar-refractivity contribution >= 4 is 28.5 Å². The van der Waals surface area contributed by atoms with Crippen molar-refractivity contribution in [3.05, 3.63) is 64.8 Å². The number of benzene rings is 2. The first kappa shape index (κ1) is 24.3. The van der Waals surface area contributed by atoms with E-state index in [1.165, 1.54) is 0 Å². The molecule has 2 heterocycles. The van der Waals surface area contributed by atoms with E-state index >= 15 is 0 Å². The summed E-state index contributed by atoms with van der Waals surface area (Å²) in [6.07, 6.45) is 5.93. The van der Waals surface area contributed by atoms with Gasteiger partial charge in [-0.1, -0.05) is 24.3 Å². The summed E-state index contributed by atoms with van der Waals surface area (Å²) in [7, 11) is 3.29. The van der Waals surface area contributed by atoms with E-state index in [0.29, 0.717) is 24.0 Å². The number of carbonyl (C=O) groups is 1. The third-order valence-corrected chi connectivity index (χ3v) is 7.30. The van der Waals surface area contributed by atoms with Crippen LogP contribution in [0.3, 0.4) is 0 Å². The normalized spacial score (nSPS) is 18.3. The summed E-state index contributed by atoms with van der Waals surface area (Å²) in [6.45, 7) is 4.99. The lowest BCUT2D eigenvalue weighted by Gasteiger charge is -2.28. The average molecular weight is 487 g/mol. The Kier molecular flexibility index (Phi) is 7.23. The molecule has 1 atom stereocenters. The Hall–Kier alpha value is -3.38. The maximum Gasteiger partial charge on any atom is 0.254 e. The first-order valence-corrected chi connectivity index (χ1v) is 12.8. The Balaban J connectivity index is 1.60. The van der Waals surface area contributed by atoms with Gasteiger partial charge in [0, 0.05) is 31.0 Å². The highest BCUT2D eigenvalue weighted by molar-refractivity contribution is 6.09. The van der Waals surface area contributed by atoms with Crippen LogP contribution in [0.4, 0.5) is 0 Å². The van der Waals surface area contributed by atoms with Gasteiger partial charge >= 0.3 is 0 Å². The monoisotopic (exact) mass is 486 g/mol. The van der Waals surface area contributed by atoms with Crippen molar-refractivity contribution in [2.75, 3.05) is 40.5 Å². The van der Waals surface area contributed by atoms with E-state index in [1.807, 2.05) is 47.4 Å². The Morgan fingerprint density at radius 3 is 2.72 bits per heavy atom. The van der Waals surface area contributed by atoms with Crippen LogP contribution in [0.15, 0.2) is 42.5 Å². The van der Waals surface area contributed by atoms with E-state index in [4.69, 9.17) is 19.2 Å². The van der Waals surface area contributed by atoms with Crippen LogP contribution in [0.5, 0.6) is 11.5 Å². The highest BCUT2D eigenvalue weighted by Gasteiger charge is 2.29. The highest BCUT2D eigenvalue weighted by Crippen LogP contribution is 2.38. The van der Waals surface area contributed by atoms with Crippen LogP contribution in [0, 0.1) is 5.92 Å². The van der Waals surface area contributed by atoms with E-state index in [1.54, 1.807) is 14.2 Å². The molecule has 6 heteroatoms. The topological polar surface area (TPSA) is 60.9 Å². The third-order valence-electron chi connectivity index (χ3n) is 7.30. The zero-order valence-electron chi connectivity index (χ0n) is 21.4. The molecule has 1 amide bonds. The molecule has 0 saturated carbocycles. The minimum atomic E-state index is 0.103. The second-order valence-corrected chi connectivity index (χ2v) is 9.54. The van der Waals surface area contributed by atoms with E-state index in [2.05, 4.69) is 13.0 Å². The summed E-state index contributed by atoms with van der Waals surface area (Å²) < 4.78 is 16.5. The molecule has 0 bridgehead atoms. The van der Waals surface area contributed by atoms with Gasteiger partial charge in [0.15, 0.2) is 11.5 Å². The second-order valence-electron chi connectivity index (χ2n) is 9.54. The van der Waals surface area contributed by atoms with Gasteiger partial charge in [-0.15, -0.1) is 0 Å². The predicted molar refractivity (Wildman–Crippen MR) is 143 cm³/mol. The van der Waals surface area contributed by atoms with E-state index in [9.17, 15) is 4.79 Å². The first-order valence-electron chi connectivity index (χ1n) is 12.8. The van der Waals surface area contributed by atoms with Crippen molar-refractivity contribution in [2.45, 2.75) is 32.6 Å². The quantitative estimate of drug-likeness (QED) is 0.433. The van der Waals surface area contributed by atoms with Crippen molar-refractivity contribution < 1.29 is 19.0 Å². The lowest BCUT2D eigenvalue weighted by atomic mass is 9.85. The Bertz CT molecular complexity index is 1290. The van der Waals surface area contributed by atoms with Crippen LogP contribution in [0.25, 0.3) is 22.6 Å². The maximum atomic E-state index is 14.1. The molecule has 1 aliphatic heterocycles. The smallest absolute Gasteiger partial charge is 0.254 e. The largest absolute Gasteiger partial charge is 0.493 e. The van der Waals surface area contributed by atoms with E-state index in [-0.39, 0.29) is 5.91 Å². The molecule has 3 aromatic rings. The standard InChI is InChI=1S/C30H34N2O4/c1-4-32(18-21-14-15-36-19-21)30(33)28-23-9-5-6-11-25(23)31-29-22(8-7-10-24(28)29)16-20-12-13-26(34-2)27(17-20)35-3/h5-6,9,11-13,16-17,21H,4,7-8,10,14-15,18-19H2,1-3H3/b22-16-. The number of allylic oxidation sites excluding steroid dienone is 1. The summed E-state index contributed by atoms with van der Waals surface area (Å²) in [5, 5.41) is 0.940. The van der Waals surface area contributed by atoms with Gasteiger partial charge in [-0.3, -0.25) is 4.79 Å². The molecule has 2 aliphatic rings. The lowest BCUT2D eigenvalue weighted by Crippen LogP contribution is -2.36. The van der Waals surface area contributed by atoms with E-state index < -0.39 is 0 Å². The summed E-state index contributed by atoms with van der Waals surface area (Å²) >= 11 is 0. The van der Waals surface area contributed by atoms with Crippen LogP contribution < -0.4 is 9.47 Å². The summed E-state index contributed by atoms with van der Waals surface area (Å²) in [6, 6.07) is 14.0. The number of carbonyl (C=O) groups excluding carboxylic acids is 1. The highest BCUT2D eigenvalue weighted by atomic mass is 16.5. The van der Waals surface area contributed by atoms with Gasteiger partial charge < -0.3 is 19.1 Å². The van der Waals surface area contributed by atoms with Gasteiger partial charge in [0.1, 0.15) is 0 Å². The molecule has 188 valence electrons. The number of rotatable bonds is 7. The van der Waals surface area contributed by atoms with Crippen LogP contribution in [0.2, 0.25) is 0 Å². The number of fused-ring (bicyclic) bond motifs is 2. The van der Waals surface area contributed by atoms with Crippen LogP contribution in [-0.2, 0) is 11.2 Å². The molecule has 1 aliphatic carbocycles. The molecule has 1 unspecified atom stereocenters. The SMILES string of the molecule is CCN(CC1CCOC1)C(=O)c1c2c(nc3ccccc13)/C(=C\c1ccc(OC)c(OC)c1)CCC2. The van der Waals surface area contributed by atoms with Gasteiger partial charge in [0.2, 0.25) is 0 Å². The summed E-state index contributed by atoms with van der Waals surface area (Å²) in [4.78, 5) is 21.2. The fourth-order valence-corrected chi connectivity index (χ4v) is 5.42. The van der Waals surface area contributed by atoms with Gasteiger partial charge in [-0.2, -0.15) is 0 Å². The number of pyridine rings is 1. The molecule has 1 fully saturated rings. The van der Waals surface area contributed by atoms with Crippen LogP contribution in [0.1, 0.15) is 53.4 Å². The van der Waals surface area contributed by atoms with Crippen molar-refractivity contribution in [1.82, 2.24) is 9.88 Å². The number of methoxy groups -OCH3 is 2. The Morgan fingerprint density at radius 2 is 1.97 bits per heavy atom. The first-order chi connectivity index (χ1) is 17.6. The molecule has 2 aromatic carbocycles. The van der Waals surface area contributed by atoms with Crippen LogP contribution in [-0.4, -0.2) is 56.3 Å².